The zero-order valence-electron chi connectivity index (χ0n) is 13.0. The Balaban J connectivity index is 2.02. The van der Waals surface area contributed by atoms with Gasteiger partial charge >= 0.3 is 0 Å². The summed E-state index contributed by atoms with van der Waals surface area (Å²) in [5.41, 5.74) is 1.39. The molecule has 21 heavy (non-hydrogen) atoms. The average molecular weight is 284 g/mol. The summed E-state index contributed by atoms with van der Waals surface area (Å²) in [5.74, 6) is 1.01. The number of amides is 1. The van der Waals surface area contributed by atoms with E-state index >= 15 is 0 Å². The van der Waals surface area contributed by atoms with E-state index in [4.69, 9.17) is 5.26 Å². The standard InChI is InChI=1S/C18H24N2O/c1-3-15-13-20(18(21)11-14(2)12-19)10-9-17(15)16-7-5-4-6-8-16/h4-8,14-15,17H,3,9-11,13H2,1-2H3/t14-,15-,17+/m1/s1. The molecule has 3 heteroatoms. The van der Waals surface area contributed by atoms with Crippen molar-refractivity contribution in [3.63, 3.8) is 0 Å². The molecule has 0 spiro atoms. The number of likely N-dealkylation sites (tertiary alicyclic amines) is 1. The molecule has 3 nitrogen and oxygen atoms in total. The third kappa shape index (κ3) is 3.85. The molecule has 0 radical (unpaired) electrons. The van der Waals surface area contributed by atoms with Crippen LogP contribution in [0.5, 0.6) is 0 Å². The Morgan fingerprint density at radius 3 is 2.76 bits per heavy atom. The van der Waals surface area contributed by atoms with Crippen LogP contribution in [-0.2, 0) is 4.79 Å². The lowest BCUT2D eigenvalue weighted by molar-refractivity contribution is -0.133. The summed E-state index contributed by atoms with van der Waals surface area (Å²) in [5, 5.41) is 8.85. The second-order valence-electron chi connectivity index (χ2n) is 6.05. The largest absolute Gasteiger partial charge is 0.342 e. The molecule has 0 unspecified atom stereocenters. The van der Waals surface area contributed by atoms with Crippen LogP contribution >= 0.6 is 0 Å². The Labute approximate surface area is 127 Å². The maximum Gasteiger partial charge on any atom is 0.223 e. The third-order valence-corrected chi connectivity index (χ3v) is 4.54. The Morgan fingerprint density at radius 1 is 1.43 bits per heavy atom. The SMILES string of the molecule is CC[C@@H]1CN(C(=O)C[C@@H](C)C#N)CC[C@@H]1c1ccccc1. The van der Waals surface area contributed by atoms with Gasteiger partial charge in [0.05, 0.1) is 12.0 Å². The Morgan fingerprint density at radius 2 is 2.14 bits per heavy atom. The molecular formula is C18H24N2O. The average Bonchev–Trinajstić information content (AvgIpc) is 2.54. The first-order chi connectivity index (χ1) is 10.2. The van der Waals surface area contributed by atoms with Crippen molar-refractivity contribution in [3.8, 4) is 6.07 Å². The van der Waals surface area contributed by atoms with Crippen LogP contribution in [0.4, 0.5) is 0 Å². The van der Waals surface area contributed by atoms with Gasteiger partial charge in [-0.1, -0.05) is 43.7 Å². The molecule has 1 aromatic rings. The minimum absolute atomic E-state index is 0.133. The fraction of sp³-hybridized carbons (Fsp3) is 0.556. The van der Waals surface area contributed by atoms with Gasteiger partial charge in [-0.2, -0.15) is 5.26 Å². The lowest BCUT2D eigenvalue weighted by atomic mass is 9.79. The van der Waals surface area contributed by atoms with Crippen molar-refractivity contribution in [1.82, 2.24) is 4.90 Å². The number of piperidine rings is 1. The molecule has 0 bridgehead atoms. The van der Waals surface area contributed by atoms with Crippen LogP contribution in [0.3, 0.4) is 0 Å². The Hall–Kier alpha value is -1.82. The summed E-state index contributed by atoms with van der Waals surface area (Å²) in [6.07, 6.45) is 2.45. The zero-order chi connectivity index (χ0) is 15.2. The second kappa shape index (κ2) is 7.26. The van der Waals surface area contributed by atoms with Gasteiger partial charge < -0.3 is 4.90 Å². The summed E-state index contributed by atoms with van der Waals surface area (Å²) >= 11 is 0. The lowest BCUT2D eigenvalue weighted by Gasteiger charge is -2.39. The molecule has 1 amide bonds. The first kappa shape index (κ1) is 15.6. The van der Waals surface area contributed by atoms with Gasteiger partial charge in [0.15, 0.2) is 0 Å². The molecule has 1 aliphatic rings. The fourth-order valence-corrected chi connectivity index (χ4v) is 3.25. The molecule has 0 aliphatic carbocycles. The number of nitrogens with zero attached hydrogens (tertiary/aromatic N) is 2. The Kier molecular flexibility index (Phi) is 5.38. The van der Waals surface area contributed by atoms with E-state index < -0.39 is 0 Å². The van der Waals surface area contributed by atoms with Crippen LogP contribution in [0.1, 0.15) is 44.6 Å². The summed E-state index contributed by atoms with van der Waals surface area (Å²) in [6.45, 7) is 5.65. The summed E-state index contributed by atoms with van der Waals surface area (Å²) < 4.78 is 0. The summed E-state index contributed by atoms with van der Waals surface area (Å²) in [7, 11) is 0. The van der Waals surface area contributed by atoms with Crippen molar-refractivity contribution in [2.24, 2.45) is 11.8 Å². The predicted octanol–water partition coefficient (Wildman–Crippen LogP) is 3.58. The van der Waals surface area contributed by atoms with Crippen molar-refractivity contribution < 1.29 is 4.79 Å². The minimum atomic E-state index is -0.190. The molecular weight excluding hydrogens is 260 g/mol. The fourth-order valence-electron chi connectivity index (χ4n) is 3.25. The van der Waals surface area contributed by atoms with Crippen LogP contribution in [0, 0.1) is 23.2 Å². The molecule has 2 rings (SSSR count). The number of nitriles is 1. The number of carbonyl (C=O) groups is 1. The van der Waals surface area contributed by atoms with Crippen molar-refractivity contribution in [1.29, 1.82) is 5.26 Å². The maximum atomic E-state index is 12.2. The van der Waals surface area contributed by atoms with Gasteiger partial charge in [-0.05, 0) is 30.7 Å². The monoisotopic (exact) mass is 284 g/mol. The van der Waals surface area contributed by atoms with E-state index in [0.29, 0.717) is 18.3 Å². The van der Waals surface area contributed by atoms with Gasteiger partial charge in [0.25, 0.3) is 0 Å². The van der Waals surface area contributed by atoms with E-state index in [9.17, 15) is 4.79 Å². The van der Waals surface area contributed by atoms with E-state index in [-0.39, 0.29) is 11.8 Å². The molecule has 1 fully saturated rings. The highest BCUT2D eigenvalue weighted by Crippen LogP contribution is 2.35. The number of rotatable bonds is 4. The predicted molar refractivity (Wildman–Crippen MR) is 83.6 cm³/mol. The molecule has 1 heterocycles. The van der Waals surface area contributed by atoms with Crippen LogP contribution < -0.4 is 0 Å². The molecule has 0 aromatic heterocycles. The molecule has 1 aliphatic heterocycles. The van der Waals surface area contributed by atoms with Gasteiger partial charge in [-0.15, -0.1) is 0 Å². The highest BCUT2D eigenvalue weighted by atomic mass is 16.2. The van der Waals surface area contributed by atoms with E-state index in [1.165, 1.54) is 5.56 Å². The van der Waals surface area contributed by atoms with Crippen LogP contribution in [0.2, 0.25) is 0 Å². The smallest absolute Gasteiger partial charge is 0.223 e. The van der Waals surface area contributed by atoms with E-state index in [2.05, 4.69) is 37.3 Å². The first-order valence-electron chi connectivity index (χ1n) is 7.88. The molecule has 3 atom stereocenters. The van der Waals surface area contributed by atoms with Gasteiger partial charge in [0.1, 0.15) is 0 Å². The number of benzene rings is 1. The molecule has 0 N–H and O–H groups in total. The van der Waals surface area contributed by atoms with Crippen LogP contribution in [0.15, 0.2) is 30.3 Å². The number of hydrogen-bond donors (Lipinski definition) is 0. The third-order valence-electron chi connectivity index (χ3n) is 4.54. The second-order valence-corrected chi connectivity index (χ2v) is 6.05. The van der Waals surface area contributed by atoms with Crippen molar-refractivity contribution in [3.05, 3.63) is 35.9 Å². The van der Waals surface area contributed by atoms with Crippen LogP contribution in [0.25, 0.3) is 0 Å². The van der Waals surface area contributed by atoms with E-state index in [1.807, 2.05) is 17.9 Å². The minimum Gasteiger partial charge on any atom is -0.342 e. The van der Waals surface area contributed by atoms with Crippen molar-refractivity contribution in [2.45, 2.75) is 39.0 Å². The van der Waals surface area contributed by atoms with E-state index in [0.717, 1.165) is 25.9 Å². The topological polar surface area (TPSA) is 44.1 Å². The molecule has 1 aromatic carbocycles. The normalized spacial score (nSPS) is 23.4. The number of carbonyl (C=O) groups excluding carboxylic acids is 1. The van der Waals surface area contributed by atoms with Gasteiger partial charge in [-0.3, -0.25) is 4.79 Å². The van der Waals surface area contributed by atoms with Crippen molar-refractivity contribution in [2.75, 3.05) is 13.1 Å². The highest BCUT2D eigenvalue weighted by molar-refractivity contribution is 5.76. The van der Waals surface area contributed by atoms with Gasteiger partial charge in [0.2, 0.25) is 5.91 Å². The number of hydrogen-bond acceptors (Lipinski definition) is 2. The van der Waals surface area contributed by atoms with Crippen LogP contribution in [-0.4, -0.2) is 23.9 Å². The highest BCUT2D eigenvalue weighted by Gasteiger charge is 2.31. The van der Waals surface area contributed by atoms with E-state index in [1.54, 1.807) is 0 Å². The molecule has 112 valence electrons. The Bertz CT molecular complexity index is 506. The van der Waals surface area contributed by atoms with Crippen molar-refractivity contribution >= 4 is 5.91 Å². The summed E-state index contributed by atoms with van der Waals surface area (Å²) in [4.78, 5) is 14.2. The van der Waals surface area contributed by atoms with Gasteiger partial charge in [-0.25, -0.2) is 0 Å². The first-order valence-corrected chi connectivity index (χ1v) is 7.88. The zero-order valence-corrected chi connectivity index (χ0v) is 13.0. The van der Waals surface area contributed by atoms with Gasteiger partial charge in [0, 0.05) is 19.5 Å². The summed E-state index contributed by atoms with van der Waals surface area (Å²) in [6, 6.07) is 12.8. The quantitative estimate of drug-likeness (QED) is 0.848. The maximum absolute atomic E-state index is 12.2. The molecule has 1 saturated heterocycles. The molecule has 0 saturated carbocycles. The lowest BCUT2D eigenvalue weighted by Crippen LogP contribution is -2.43.